The van der Waals surface area contributed by atoms with Crippen LogP contribution in [0.3, 0.4) is 0 Å². The zero-order valence-corrected chi connectivity index (χ0v) is 49.1. The highest BCUT2D eigenvalue weighted by molar-refractivity contribution is 9.93. The molecule has 1 fully saturated rings. The number of esters is 4. The van der Waals surface area contributed by atoms with Gasteiger partial charge in [0.1, 0.15) is 25.5 Å². The van der Waals surface area contributed by atoms with Crippen molar-refractivity contribution < 1.29 is 72.7 Å². The van der Waals surface area contributed by atoms with E-state index in [0.29, 0.717) is 45.3 Å². The van der Waals surface area contributed by atoms with Gasteiger partial charge in [0.15, 0.2) is 26.3 Å². The molecule has 69 heavy (non-hydrogen) atoms. The second kappa shape index (κ2) is 46.9. The minimum atomic E-state index is -0.562. The maximum absolute atomic E-state index is 10.8. The number of thiazole rings is 3. The first-order chi connectivity index (χ1) is 32.0. The van der Waals surface area contributed by atoms with Gasteiger partial charge in [0.05, 0.1) is 49.9 Å². The van der Waals surface area contributed by atoms with E-state index in [4.69, 9.17) is 42.1 Å². The van der Waals surface area contributed by atoms with E-state index in [0.717, 1.165) is 7.71 Å². The molecule has 0 spiro atoms. The molecule has 24 nitrogen and oxygen atoms in total. The summed E-state index contributed by atoms with van der Waals surface area (Å²) >= 11 is 27.5. The van der Waals surface area contributed by atoms with Gasteiger partial charge in [0.25, 0.3) is 0 Å². The third-order valence-corrected chi connectivity index (χ3v) is 9.92. The van der Waals surface area contributed by atoms with Crippen LogP contribution >= 0.6 is 134 Å². The number of anilines is 3. The molecule has 0 aliphatic carbocycles. The molecule has 4 rings (SSSR count). The summed E-state index contributed by atoms with van der Waals surface area (Å²) in [4.78, 5) is 105. The number of carbonyl (C=O) groups is 9. The molecule has 0 radical (unpaired) electrons. The van der Waals surface area contributed by atoms with E-state index in [2.05, 4.69) is 137 Å². The Kier molecular flexibility index (Phi) is 50.6. The summed E-state index contributed by atoms with van der Waals surface area (Å²) < 4.78 is 15.2. The van der Waals surface area contributed by atoms with Crippen LogP contribution in [0.15, 0.2) is 26.2 Å². The molecule has 1 aliphatic heterocycles. The number of ether oxygens (including phenoxy) is 3. The lowest BCUT2D eigenvalue weighted by Gasteiger charge is -1.97. The zero-order chi connectivity index (χ0) is 54.8. The number of halogens is 6. The highest BCUT2D eigenvalue weighted by Gasteiger charge is 2.26. The molecule has 0 saturated carbocycles. The number of ketones is 1. The van der Waals surface area contributed by atoms with Crippen LogP contribution in [0, 0.1) is 0 Å². The molecule has 34 heteroatoms. The molecule has 0 aromatic carbocycles. The maximum Gasteiger partial charge on any atom is 0.310 e. The molecule has 3 aromatic heterocycles. The third-order valence-electron chi connectivity index (χ3n) is 5.11. The van der Waals surface area contributed by atoms with Crippen molar-refractivity contribution in [2.24, 2.45) is 11.5 Å². The lowest BCUT2D eigenvalue weighted by Crippen LogP contribution is -2.18. The summed E-state index contributed by atoms with van der Waals surface area (Å²) in [6.07, 6.45) is 0.703. The van der Waals surface area contributed by atoms with Crippen molar-refractivity contribution >= 4 is 208 Å². The van der Waals surface area contributed by atoms with Gasteiger partial charge in [-0.25, -0.2) is 18.9 Å². The monoisotopic (exact) mass is 1390 g/mol. The number of aromatic nitrogens is 3. The molecule has 0 bridgehead atoms. The third kappa shape index (κ3) is 52.2. The average Bonchev–Trinajstić information content (AvgIpc) is 4.05. The summed E-state index contributed by atoms with van der Waals surface area (Å²) in [7, 11) is 0. The Morgan fingerprint density at radius 3 is 1.51 bits per heavy atom. The Morgan fingerprint density at radius 2 is 1.23 bits per heavy atom. The highest BCUT2D eigenvalue weighted by Crippen LogP contribution is 2.29. The Morgan fingerprint density at radius 1 is 0.797 bits per heavy atom. The summed E-state index contributed by atoms with van der Waals surface area (Å²) in [5.74, 6) is -2.66. The van der Waals surface area contributed by atoms with E-state index in [9.17, 15) is 43.2 Å². The molecular weight excluding hydrogens is 1350 g/mol. The number of Topliss-reactive ketones (excluding diaryl/α,β-unsaturated/α-hetero) is 1. The number of aliphatic hydroxyl groups is 3. The van der Waals surface area contributed by atoms with Crippen LogP contribution in [-0.4, -0.2) is 111 Å². The summed E-state index contributed by atoms with van der Waals surface area (Å²) in [5, 5.41) is 34.9. The van der Waals surface area contributed by atoms with Crippen molar-refractivity contribution in [3.63, 3.8) is 0 Å². The van der Waals surface area contributed by atoms with Crippen LogP contribution in [0.5, 0.6) is 0 Å². The van der Waals surface area contributed by atoms with Gasteiger partial charge >= 0.3 is 23.9 Å². The number of nitrogens with one attached hydrogen (secondary N) is 2. The quantitative estimate of drug-likeness (QED) is 0.0239. The van der Waals surface area contributed by atoms with Gasteiger partial charge in [-0.05, 0) is 28.1 Å². The van der Waals surface area contributed by atoms with Crippen LogP contribution in [0.1, 0.15) is 71.5 Å². The van der Waals surface area contributed by atoms with E-state index < -0.39 is 11.9 Å². The number of hydrogen-bond acceptors (Lipinski definition) is 23. The number of aliphatic hydroxyl groups excluding tert-OH is 3. The van der Waals surface area contributed by atoms with Crippen molar-refractivity contribution in [2.45, 2.75) is 74.2 Å². The number of amides is 4. The highest BCUT2D eigenvalue weighted by atomic mass is 80.9. The lowest BCUT2D eigenvalue weighted by atomic mass is 10.4. The van der Waals surface area contributed by atoms with E-state index >= 15 is 0 Å². The van der Waals surface area contributed by atoms with Crippen LogP contribution < -0.4 is 27.8 Å². The van der Waals surface area contributed by atoms with Gasteiger partial charge in [-0.1, -0.05) is 45.4 Å². The van der Waals surface area contributed by atoms with Crippen molar-refractivity contribution in [3.05, 3.63) is 43.2 Å². The standard InChI is InChI=1S/C8H9BrN2O3S.C8H10N2O3S.C4H4BrNO2.C4H6N2OS.C4H6O3.C3H5BrO2.C3H5ClO.CH4N2S.Br2/c1-4(12)10-8-11-6(7(9)15-8)3-14-5(2)13;1-5(11)9-8-10-7(4-14-8)3-13-6(2)12;5-6-3(7)1-2-4(6)8;5-4-6-3(1-7)2-8-4;1-3(5)7-4(2)6;4-1-3(6)2-5;1-3(4)2-5;2-1(3)4;1-2/h3H2,1-2H3,(H,10,11,12);4H,3H2,1-2H3,(H,9,10,11);1-2H2;2,7H,1H2,(H2,5,6);1-2H3;5H,1-2H2;5H,1-2H2;(H4,2,3,4);. The molecule has 4 heterocycles. The largest absolute Gasteiger partial charge is 0.459 e. The second-order valence-electron chi connectivity index (χ2n) is 11.2. The molecule has 1 saturated heterocycles. The van der Waals surface area contributed by atoms with Gasteiger partial charge < -0.3 is 57.4 Å². The van der Waals surface area contributed by atoms with Crippen molar-refractivity contribution in [2.75, 3.05) is 34.9 Å². The number of hydrogen-bond donors (Lipinski definition) is 8. The molecule has 390 valence electrons. The number of nitrogens with two attached hydrogens (primary N) is 3. The number of thiocarbonyl (C=S) groups is 1. The number of imide groups is 1. The van der Waals surface area contributed by atoms with E-state index in [1.807, 2.05) is 0 Å². The summed E-state index contributed by atoms with van der Waals surface area (Å²) in [6, 6.07) is 0. The number of rotatable bonds is 10. The van der Waals surface area contributed by atoms with Crippen LogP contribution in [0.25, 0.3) is 0 Å². The van der Waals surface area contributed by atoms with Crippen LogP contribution in [0.2, 0.25) is 0 Å². The van der Waals surface area contributed by atoms with Gasteiger partial charge in [0, 0.05) is 98.4 Å². The van der Waals surface area contributed by atoms with Gasteiger partial charge in [-0.15, -0.1) is 22.7 Å². The van der Waals surface area contributed by atoms with Gasteiger partial charge in [-0.2, -0.15) is 0 Å². The number of nitrogen functional groups attached to an aromatic ring is 1. The first-order valence-electron chi connectivity index (χ1n) is 17.8. The number of nitrogens with zero attached hydrogens (tertiary/aromatic N) is 4. The van der Waals surface area contributed by atoms with E-state index in [1.54, 1.807) is 10.8 Å². The van der Waals surface area contributed by atoms with Crippen LogP contribution in [0.4, 0.5) is 15.4 Å². The molecule has 1 aliphatic rings. The van der Waals surface area contributed by atoms with Crippen molar-refractivity contribution in [3.8, 4) is 0 Å². The Labute approximate surface area is 459 Å². The minimum absolute atomic E-state index is 0.000000000000000222. The van der Waals surface area contributed by atoms with Crippen molar-refractivity contribution in [1.29, 1.82) is 0 Å². The summed E-state index contributed by atoms with van der Waals surface area (Å²) in [6.45, 7) is 10.8. The fourth-order valence-corrected chi connectivity index (χ4v) is 5.98. The molecule has 11 N–H and O–H groups in total. The fourth-order valence-electron chi connectivity index (χ4n) is 2.74. The number of alkyl halides is 1. The molecule has 0 unspecified atom stereocenters. The average molecular weight is 1400 g/mol. The molecule has 4 amide bonds. The SMILES string of the molecule is BrBr.C=C(Cl)CO.CC(=O)Nc1nc(COC(C)=O)c(Br)s1.CC(=O)Nc1nc(COC(C)=O)cs1.CC(=O)OC(C)=O.NC(N)=S.Nc1nc(CO)cs1.O=C(CO)CBr.O=C1CCC(=O)N1Br. The van der Waals surface area contributed by atoms with Gasteiger partial charge in [0.2, 0.25) is 23.6 Å². The Hall–Kier alpha value is -3.48. The molecule has 3 aromatic rings. The zero-order valence-electron chi connectivity index (χ0n) is 37.2. The smallest absolute Gasteiger partial charge is 0.310 e. The topological polar surface area (TPSA) is 386 Å². The molecule has 0 atom stereocenters. The Bertz CT molecular complexity index is 2050. The predicted octanol–water partition coefficient (Wildman–Crippen LogP) is 5.40. The Balaban J connectivity index is -0.000000233. The van der Waals surface area contributed by atoms with Crippen molar-refractivity contribution in [1.82, 2.24) is 18.9 Å². The maximum atomic E-state index is 10.8. The predicted molar refractivity (Wildman–Crippen MR) is 283 cm³/mol. The van der Waals surface area contributed by atoms with E-state index in [1.165, 1.54) is 75.6 Å². The minimum Gasteiger partial charge on any atom is -0.459 e. The van der Waals surface area contributed by atoms with Crippen LogP contribution in [-0.2, 0) is 77.2 Å². The normalized spacial score (nSPS) is 10.0. The molecular formula is C35H49Br5ClN9O15S4. The first kappa shape index (κ1) is 74.5. The fraction of sp³-hybridized carbons (Fsp3) is 0.400. The lowest BCUT2D eigenvalue weighted by molar-refractivity contribution is -0.156. The first-order valence-corrected chi connectivity index (χ1v) is 27.5. The number of carbonyl (C=O) groups excluding carboxylic acids is 9. The van der Waals surface area contributed by atoms with Gasteiger partial charge in [-0.3, -0.25) is 43.2 Å². The second-order valence-corrected chi connectivity index (χ2v) is 17.5. The van der Waals surface area contributed by atoms with E-state index in [-0.39, 0.29) is 89.9 Å². The summed E-state index contributed by atoms with van der Waals surface area (Å²) in [5.41, 5.74) is 16.4.